The van der Waals surface area contributed by atoms with Gasteiger partial charge in [-0.05, 0) is 18.6 Å². The van der Waals surface area contributed by atoms with Gasteiger partial charge in [0, 0.05) is 18.8 Å². The summed E-state index contributed by atoms with van der Waals surface area (Å²) < 4.78 is 0. The molecule has 0 spiro atoms. The van der Waals surface area contributed by atoms with Crippen LogP contribution in [0.25, 0.3) is 6.08 Å². The fourth-order valence-corrected chi connectivity index (χ4v) is 1.11. The lowest BCUT2D eigenvalue weighted by molar-refractivity contribution is 0.428. The average molecular weight is 189 g/mol. The third kappa shape index (κ3) is 2.98. The molecule has 2 heteroatoms. The molecule has 0 saturated heterocycles. The van der Waals surface area contributed by atoms with Crippen LogP contribution in [0.4, 0.5) is 0 Å². The van der Waals surface area contributed by atoms with Gasteiger partial charge in [-0.2, -0.15) is 0 Å². The van der Waals surface area contributed by atoms with E-state index < -0.39 is 0 Å². The van der Waals surface area contributed by atoms with E-state index >= 15 is 0 Å². The maximum absolute atomic E-state index is 9.66. The van der Waals surface area contributed by atoms with Gasteiger partial charge >= 0.3 is 0 Å². The van der Waals surface area contributed by atoms with Crippen molar-refractivity contribution < 1.29 is 5.11 Å². The van der Waals surface area contributed by atoms with E-state index in [9.17, 15) is 5.11 Å². The summed E-state index contributed by atoms with van der Waals surface area (Å²) >= 11 is 0. The van der Waals surface area contributed by atoms with Crippen molar-refractivity contribution in [2.45, 2.75) is 6.92 Å². The molecule has 0 atom stereocenters. The molecule has 0 aromatic heterocycles. The van der Waals surface area contributed by atoms with Crippen LogP contribution in [0.1, 0.15) is 12.5 Å². The summed E-state index contributed by atoms with van der Waals surface area (Å²) in [5.74, 6) is 0.283. The lowest BCUT2D eigenvalue weighted by Gasteiger charge is -2.00. The molecule has 2 nitrogen and oxygen atoms in total. The van der Waals surface area contributed by atoms with Crippen molar-refractivity contribution in [3.63, 3.8) is 0 Å². The first kappa shape index (κ1) is 10.4. The van der Waals surface area contributed by atoms with Crippen molar-refractivity contribution in [2.24, 2.45) is 0 Å². The minimum Gasteiger partial charge on any atom is -0.508 e. The van der Waals surface area contributed by atoms with Gasteiger partial charge in [0.1, 0.15) is 5.76 Å². The van der Waals surface area contributed by atoms with Gasteiger partial charge in [-0.1, -0.05) is 30.3 Å². The molecule has 0 radical (unpaired) electrons. The van der Waals surface area contributed by atoms with Gasteiger partial charge in [0.25, 0.3) is 0 Å². The fraction of sp³-hybridized carbons (Fsp3) is 0.167. The lowest BCUT2D eigenvalue weighted by Crippen LogP contribution is -1.96. The van der Waals surface area contributed by atoms with Crippen LogP contribution in [0.3, 0.4) is 0 Å². The second-order valence-electron chi connectivity index (χ2n) is 3.06. The van der Waals surface area contributed by atoms with E-state index in [1.165, 1.54) is 0 Å². The molecular weight excluding hydrogens is 174 g/mol. The minimum absolute atomic E-state index is 0.283. The first-order chi connectivity index (χ1) is 6.74. The molecule has 0 aliphatic carbocycles. The highest BCUT2D eigenvalue weighted by molar-refractivity contribution is 5.55. The minimum atomic E-state index is 0.283. The van der Waals surface area contributed by atoms with Crippen LogP contribution < -0.4 is 5.32 Å². The quantitative estimate of drug-likeness (QED) is 0.566. The summed E-state index contributed by atoms with van der Waals surface area (Å²) in [5, 5.41) is 12.5. The van der Waals surface area contributed by atoms with Crippen LogP contribution >= 0.6 is 0 Å². The second kappa shape index (κ2) is 5.12. The summed E-state index contributed by atoms with van der Waals surface area (Å²) in [5.41, 5.74) is 1.81. The molecule has 2 N–H and O–H groups in total. The summed E-state index contributed by atoms with van der Waals surface area (Å²) in [7, 11) is 1.80. The van der Waals surface area contributed by atoms with Crippen LogP contribution in [0, 0.1) is 0 Å². The Labute approximate surface area is 84.6 Å². The Morgan fingerprint density at radius 2 is 1.93 bits per heavy atom. The summed E-state index contributed by atoms with van der Waals surface area (Å²) in [4.78, 5) is 0. The molecule has 1 aromatic carbocycles. The molecule has 0 bridgehead atoms. The van der Waals surface area contributed by atoms with E-state index in [1.54, 1.807) is 19.3 Å². The molecule has 0 heterocycles. The van der Waals surface area contributed by atoms with Crippen LogP contribution in [0.2, 0.25) is 0 Å². The van der Waals surface area contributed by atoms with E-state index in [-0.39, 0.29) is 5.76 Å². The number of nitrogens with one attached hydrogen (secondary N) is 1. The zero-order valence-corrected chi connectivity index (χ0v) is 8.49. The number of benzene rings is 1. The Balaban J connectivity index is 2.84. The number of rotatable bonds is 3. The molecule has 0 fully saturated rings. The van der Waals surface area contributed by atoms with Crippen LogP contribution in [0.15, 0.2) is 47.9 Å². The zero-order chi connectivity index (χ0) is 10.4. The first-order valence-corrected chi connectivity index (χ1v) is 4.54. The molecule has 1 aromatic rings. The molecule has 0 aliphatic heterocycles. The number of allylic oxidation sites excluding steroid dienone is 1. The summed E-state index contributed by atoms with van der Waals surface area (Å²) in [6.07, 6.45) is 3.50. The van der Waals surface area contributed by atoms with Crippen molar-refractivity contribution in [2.75, 3.05) is 7.05 Å². The highest BCUT2D eigenvalue weighted by Gasteiger charge is 1.95. The maximum Gasteiger partial charge on any atom is 0.120 e. The molecular formula is C12H15NO. The van der Waals surface area contributed by atoms with Gasteiger partial charge in [0.05, 0.1) is 0 Å². The predicted octanol–water partition coefficient (Wildman–Crippen LogP) is 2.71. The smallest absolute Gasteiger partial charge is 0.120 e. The molecule has 14 heavy (non-hydrogen) atoms. The number of aliphatic hydroxyl groups is 1. The van der Waals surface area contributed by atoms with Gasteiger partial charge in [-0.15, -0.1) is 0 Å². The monoisotopic (exact) mass is 189 g/mol. The molecule has 0 aliphatic rings. The number of hydrogen-bond donors (Lipinski definition) is 2. The molecule has 1 rings (SSSR count). The summed E-state index contributed by atoms with van der Waals surface area (Å²) in [6, 6.07) is 9.73. The third-order valence-electron chi connectivity index (χ3n) is 1.87. The predicted molar refractivity (Wildman–Crippen MR) is 59.9 cm³/mol. The van der Waals surface area contributed by atoms with E-state index in [2.05, 4.69) is 5.32 Å². The maximum atomic E-state index is 9.66. The topological polar surface area (TPSA) is 32.3 Å². The van der Waals surface area contributed by atoms with Gasteiger partial charge in [-0.25, -0.2) is 0 Å². The van der Waals surface area contributed by atoms with Gasteiger partial charge in [0.2, 0.25) is 0 Å². The molecule has 0 amide bonds. The zero-order valence-electron chi connectivity index (χ0n) is 8.49. The normalized spacial score (nSPS) is 12.7. The number of hydrogen-bond acceptors (Lipinski definition) is 2. The SMILES string of the molecule is CN/C=C(C)\C(O)=C\c1ccccc1. The second-order valence-corrected chi connectivity index (χ2v) is 3.06. The third-order valence-corrected chi connectivity index (χ3v) is 1.87. The van der Waals surface area contributed by atoms with E-state index in [0.29, 0.717) is 0 Å². The average Bonchev–Trinajstić information content (AvgIpc) is 2.19. The van der Waals surface area contributed by atoms with Crippen molar-refractivity contribution in [3.8, 4) is 0 Å². The Bertz CT molecular complexity index is 339. The Morgan fingerprint density at radius 1 is 1.29 bits per heavy atom. The molecule has 0 saturated carbocycles. The number of aliphatic hydroxyl groups excluding tert-OH is 1. The Morgan fingerprint density at radius 3 is 2.50 bits per heavy atom. The van der Waals surface area contributed by atoms with Crippen LogP contribution in [-0.2, 0) is 0 Å². The van der Waals surface area contributed by atoms with Crippen LogP contribution in [0.5, 0.6) is 0 Å². The van der Waals surface area contributed by atoms with E-state index in [4.69, 9.17) is 0 Å². The van der Waals surface area contributed by atoms with Crippen molar-refractivity contribution in [1.82, 2.24) is 5.32 Å². The van der Waals surface area contributed by atoms with Gasteiger partial charge in [-0.3, -0.25) is 0 Å². The Kier molecular flexibility index (Phi) is 3.80. The summed E-state index contributed by atoms with van der Waals surface area (Å²) in [6.45, 7) is 1.85. The van der Waals surface area contributed by atoms with Gasteiger partial charge in [0.15, 0.2) is 0 Å². The van der Waals surface area contributed by atoms with Crippen LogP contribution in [-0.4, -0.2) is 12.2 Å². The van der Waals surface area contributed by atoms with Crippen molar-refractivity contribution in [3.05, 3.63) is 53.4 Å². The van der Waals surface area contributed by atoms with E-state index in [0.717, 1.165) is 11.1 Å². The molecule has 74 valence electrons. The van der Waals surface area contributed by atoms with Gasteiger partial charge < -0.3 is 10.4 Å². The highest BCUT2D eigenvalue weighted by atomic mass is 16.3. The van der Waals surface area contributed by atoms with Crippen molar-refractivity contribution in [1.29, 1.82) is 0 Å². The Hall–Kier alpha value is -1.70. The largest absolute Gasteiger partial charge is 0.508 e. The van der Waals surface area contributed by atoms with Crippen molar-refractivity contribution >= 4 is 6.08 Å². The first-order valence-electron chi connectivity index (χ1n) is 4.54. The molecule has 0 unspecified atom stereocenters. The van der Waals surface area contributed by atoms with E-state index in [1.807, 2.05) is 37.3 Å². The lowest BCUT2D eigenvalue weighted by atomic mass is 10.1. The highest BCUT2D eigenvalue weighted by Crippen LogP contribution is 2.10. The standard InChI is InChI=1S/C12H15NO/c1-10(9-13-2)12(14)8-11-6-4-3-5-7-11/h3-9,13-14H,1-2H3/b10-9-,12-8-. The fourth-order valence-electron chi connectivity index (χ4n) is 1.11.